The average Bonchev–Trinajstić information content (AvgIpc) is 2.82. The Morgan fingerprint density at radius 2 is 1.89 bits per heavy atom. The van der Waals surface area contributed by atoms with Crippen molar-refractivity contribution >= 4 is 17.5 Å². The monoisotopic (exact) mass is 472 g/mol. The highest BCUT2D eigenvalue weighted by molar-refractivity contribution is 5.94. The number of amides is 1. The molecule has 1 amide bonds. The minimum absolute atomic E-state index is 0.0904. The van der Waals surface area contributed by atoms with Gasteiger partial charge >= 0.3 is 0 Å². The van der Waals surface area contributed by atoms with E-state index in [9.17, 15) is 4.79 Å². The van der Waals surface area contributed by atoms with Gasteiger partial charge in [-0.05, 0) is 87.9 Å². The van der Waals surface area contributed by atoms with Gasteiger partial charge in [0.2, 0.25) is 5.95 Å². The number of likely N-dealkylation sites (tertiary alicyclic amines) is 1. The van der Waals surface area contributed by atoms with E-state index >= 15 is 0 Å². The first-order valence-corrected chi connectivity index (χ1v) is 12.5. The van der Waals surface area contributed by atoms with Gasteiger partial charge in [0.1, 0.15) is 0 Å². The van der Waals surface area contributed by atoms with Gasteiger partial charge in [0.15, 0.2) is 0 Å². The van der Waals surface area contributed by atoms with Crippen LogP contribution in [0.1, 0.15) is 65.1 Å². The molecule has 0 unspecified atom stereocenters. The van der Waals surface area contributed by atoms with Gasteiger partial charge in [-0.25, -0.2) is 9.97 Å². The highest BCUT2D eigenvalue weighted by Crippen LogP contribution is 2.22. The summed E-state index contributed by atoms with van der Waals surface area (Å²) in [5.74, 6) is 0.707. The second-order valence-electron chi connectivity index (χ2n) is 9.66. The molecule has 1 fully saturated rings. The van der Waals surface area contributed by atoms with E-state index in [4.69, 9.17) is 4.98 Å². The molecule has 0 saturated carbocycles. The number of carbonyl (C=O) groups excluding carboxylic acids is 1. The van der Waals surface area contributed by atoms with E-state index in [1.54, 1.807) is 12.3 Å². The number of hydrogen-bond donors (Lipinski definition) is 2. The molecule has 2 aromatic heterocycles. The van der Waals surface area contributed by atoms with Crippen molar-refractivity contribution in [1.29, 1.82) is 0 Å². The van der Waals surface area contributed by atoms with Crippen LogP contribution < -0.4 is 10.6 Å². The van der Waals surface area contributed by atoms with Crippen molar-refractivity contribution in [3.8, 4) is 0 Å². The van der Waals surface area contributed by atoms with E-state index in [0.29, 0.717) is 24.1 Å². The Labute approximate surface area is 208 Å². The Kier molecular flexibility index (Phi) is 7.76. The molecular formula is C28H36N6O. The first kappa shape index (κ1) is 24.8. The zero-order valence-electron chi connectivity index (χ0n) is 21.4. The summed E-state index contributed by atoms with van der Waals surface area (Å²) in [6, 6.07) is 10.5. The van der Waals surface area contributed by atoms with Crippen LogP contribution in [-0.2, 0) is 13.0 Å². The molecule has 0 bridgehead atoms. The largest absolute Gasteiger partial charge is 0.336 e. The highest BCUT2D eigenvalue weighted by atomic mass is 16.2. The highest BCUT2D eigenvalue weighted by Gasteiger charge is 2.29. The van der Waals surface area contributed by atoms with Crippen LogP contribution in [-0.4, -0.2) is 44.4 Å². The Morgan fingerprint density at radius 3 is 2.57 bits per heavy atom. The van der Waals surface area contributed by atoms with Crippen molar-refractivity contribution < 1.29 is 4.79 Å². The third-order valence-corrected chi connectivity index (χ3v) is 6.65. The summed E-state index contributed by atoms with van der Waals surface area (Å²) in [4.78, 5) is 28.6. The molecule has 1 aliphatic heterocycles. The number of hydrogen-bond acceptors (Lipinski definition) is 6. The number of nitrogens with one attached hydrogen (secondary N) is 2. The maximum Gasteiger partial charge on any atom is 0.254 e. The molecule has 7 heteroatoms. The number of benzene rings is 1. The van der Waals surface area contributed by atoms with Crippen LogP contribution >= 0.6 is 0 Å². The number of rotatable bonds is 7. The van der Waals surface area contributed by atoms with Crippen LogP contribution in [0.4, 0.5) is 11.6 Å². The Balaban J connectivity index is 1.38. The van der Waals surface area contributed by atoms with Crippen LogP contribution in [0, 0.1) is 20.8 Å². The summed E-state index contributed by atoms with van der Waals surface area (Å²) >= 11 is 0. The van der Waals surface area contributed by atoms with Gasteiger partial charge in [0.25, 0.3) is 5.91 Å². The molecular weight excluding hydrogens is 436 g/mol. The molecule has 1 aliphatic rings. The van der Waals surface area contributed by atoms with Crippen molar-refractivity contribution in [2.24, 2.45) is 0 Å². The summed E-state index contributed by atoms with van der Waals surface area (Å²) in [5.41, 5.74) is 7.16. The lowest BCUT2D eigenvalue weighted by molar-refractivity contribution is 0.0601. The van der Waals surface area contributed by atoms with Crippen LogP contribution in [0.15, 0.2) is 42.7 Å². The molecule has 0 aliphatic carbocycles. The fourth-order valence-corrected chi connectivity index (χ4v) is 4.87. The molecule has 0 spiro atoms. The van der Waals surface area contributed by atoms with E-state index in [0.717, 1.165) is 48.4 Å². The maximum atomic E-state index is 13.0. The van der Waals surface area contributed by atoms with Gasteiger partial charge in [0, 0.05) is 54.5 Å². The van der Waals surface area contributed by atoms with Crippen molar-refractivity contribution in [3.63, 3.8) is 0 Å². The third kappa shape index (κ3) is 6.22. The number of piperidine rings is 1. The number of nitrogens with zero attached hydrogens (tertiary/aromatic N) is 4. The van der Waals surface area contributed by atoms with Gasteiger partial charge in [-0.15, -0.1) is 0 Å². The number of aryl methyl sites for hydroxylation is 4. The topological polar surface area (TPSA) is 83.0 Å². The summed E-state index contributed by atoms with van der Waals surface area (Å²) in [6.45, 7) is 11.8. The molecule has 4 rings (SSSR count). The van der Waals surface area contributed by atoms with Crippen LogP contribution in [0.25, 0.3) is 0 Å². The second-order valence-corrected chi connectivity index (χ2v) is 9.66. The molecule has 3 aromatic rings. The lowest BCUT2D eigenvalue weighted by atomic mass is 9.97. The Hall–Kier alpha value is -3.32. The lowest BCUT2D eigenvalue weighted by Gasteiger charge is -2.38. The zero-order chi connectivity index (χ0) is 24.9. The smallest absolute Gasteiger partial charge is 0.254 e. The van der Waals surface area contributed by atoms with Gasteiger partial charge < -0.3 is 15.5 Å². The molecule has 35 heavy (non-hydrogen) atoms. The minimum atomic E-state index is 0.0904. The Bertz CT molecular complexity index is 1170. The van der Waals surface area contributed by atoms with E-state index in [-0.39, 0.29) is 11.9 Å². The number of anilines is 2. The normalized spacial score (nSPS) is 17.9. The first-order chi connectivity index (χ1) is 16.8. The lowest BCUT2D eigenvalue weighted by Crippen LogP contribution is -2.49. The molecule has 2 atom stereocenters. The predicted octanol–water partition coefficient (Wildman–Crippen LogP) is 4.89. The average molecular weight is 473 g/mol. The fraction of sp³-hybridized carbons (Fsp3) is 0.429. The SMILES string of the molecule is CCc1cnc(Nc2cc(C)cc(C)c2)nc1CN[C@@H]1CCN(C(=O)c2ccnc(C)c2)[C@H](C)C1. The number of aromatic nitrogens is 3. The molecule has 7 nitrogen and oxygen atoms in total. The first-order valence-electron chi connectivity index (χ1n) is 12.5. The summed E-state index contributed by atoms with van der Waals surface area (Å²) < 4.78 is 0. The van der Waals surface area contributed by atoms with E-state index in [1.165, 1.54) is 11.1 Å². The number of pyridine rings is 1. The molecule has 2 N–H and O–H groups in total. The molecule has 3 heterocycles. The predicted molar refractivity (Wildman–Crippen MR) is 140 cm³/mol. The quantitative estimate of drug-likeness (QED) is 0.510. The summed E-state index contributed by atoms with van der Waals surface area (Å²) in [5, 5.41) is 7.06. The second kappa shape index (κ2) is 11.0. The van der Waals surface area contributed by atoms with Crippen molar-refractivity contribution in [3.05, 3.63) is 76.4 Å². The zero-order valence-corrected chi connectivity index (χ0v) is 21.4. The Morgan fingerprint density at radius 1 is 1.11 bits per heavy atom. The van der Waals surface area contributed by atoms with Crippen molar-refractivity contribution in [2.45, 2.75) is 72.5 Å². The maximum absolute atomic E-state index is 13.0. The standard InChI is InChI=1S/C28H36N6O/c1-6-22-16-31-28(32-25-12-18(2)11-19(3)13-25)33-26(22)17-30-24-8-10-34(21(5)15-24)27(35)23-7-9-29-20(4)14-23/h7,9,11-14,16,21,24,30H,6,8,10,15,17H2,1-5H3,(H,31,32,33)/t21-,24-/m1/s1. The third-order valence-electron chi connectivity index (χ3n) is 6.65. The fourth-order valence-electron chi connectivity index (χ4n) is 4.87. The van der Waals surface area contributed by atoms with E-state index in [2.05, 4.69) is 66.5 Å². The summed E-state index contributed by atoms with van der Waals surface area (Å²) in [7, 11) is 0. The van der Waals surface area contributed by atoms with Crippen LogP contribution in [0.5, 0.6) is 0 Å². The van der Waals surface area contributed by atoms with E-state index < -0.39 is 0 Å². The molecule has 0 radical (unpaired) electrons. The molecule has 1 aromatic carbocycles. The summed E-state index contributed by atoms with van der Waals surface area (Å²) in [6.07, 6.45) is 6.35. The molecule has 184 valence electrons. The molecule has 1 saturated heterocycles. The van der Waals surface area contributed by atoms with Gasteiger partial charge in [-0.3, -0.25) is 9.78 Å². The number of carbonyl (C=O) groups is 1. The van der Waals surface area contributed by atoms with Crippen molar-refractivity contribution in [1.82, 2.24) is 25.2 Å². The van der Waals surface area contributed by atoms with E-state index in [1.807, 2.05) is 24.1 Å². The van der Waals surface area contributed by atoms with Crippen molar-refractivity contribution in [2.75, 3.05) is 11.9 Å². The van der Waals surface area contributed by atoms with Crippen LogP contribution in [0.3, 0.4) is 0 Å². The van der Waals surface area contributed by atoms with Gasteiger partial charge in [0.05, 0.1) is 5.69 Å². The van der Waals surface area contributed by atoms with Gasteiger partial charge in [-0.1, -0.05) is 13.0 Å². The van der Waals surface area contributed by atoms with Gasteiger partial charge in [-0.2, -0.15) is 0 Å². The van der Waals surface area contributed by atoms with Crippen LogP contribution in [0.2, 0.25) is 0 Å². The minimum Gasteiger partial charge on any atom is -0.336 e.